The highest BCUT2D eigenvalue weighted by Gasteiger charge is 2.16. The summed E-state index contributed by atoms with van der Waals surface area (Å²) in [5.41, 5.74) is 3.88. The molecule has 0 saturated heterocycles. The third kappa shape index (κ3) is 3.21. The topological polar surface area (TPSA) is 97.3 Å². The number of carboxylic acids is 1. The van der Waals surface area contributed by atoms with Crippen molar-refractivity contribution in [1.29, 1.82) is 0 Å². The molecule has 0 unspecified atom stereocenters. The molecule has 7 nitrogen and oxygen atoms in total. The summed E-state index contributed by atoms with van der Waals surface area (Å²) < 4.78 is 11.5. The lowest BCUT2D eigenvalue weighted by molar-refractivity contribution is 0.0699. The van der Waals surface area contributed by atoms with Crippen LogP contribution in [0.4, 0.5) is 0 Å². The minimum Gasteiger partial charge on any atom is -0.478 e. The number of fused-ring (bicyclic) bond motifs is 2. The highest BCUT2D eigenvalue weighted by atomic mass is 79.9. The van der Waals surface area contributed by atoms with Crippen LogP contribution < -0.4 is 9.47 Å². The molecule has 1 aliphatic heterocycles. The molecule has 0 amide bonds. The van der Waals surface area contributed by atoms with Gasteiger partial charge in [-0.1, -0.05) is 22.0 Å². The number of aromatic amines is 1. The SMILES string of the molecule is O=C(O)c1cc(/C=C/c2cn[nH]c2-c2ccc3c(c2)OCO3)nc2cccc(Br)c12. The third-order valence-electron chi connectivity index (χ3n) is 4.80. The zero-order valence-corrected chi connectivity index (χ0v) is 17.0. The number of nitrogens with one attached hydrogen (secondary N) is 1. The Labute approximate surface area is 179 Å². The Kier molecular flexibility index (Phi) is 4.48. The molecule has 0 bridgehead atoms. The van der Waals surface area contributed by atoms with Crippen LogP contribution in [0.3, 0.4) is 0 Å². The molecule has 4 aromatic rings. The maximum absolute atomic E-state index is 11.8. The number of hydrogen-bond donors (Lipinski definition) is 2. The van der Waals surface area contributed by atoms with Gasteiger partial charge in [-0.05, 0) is 48.6 Å². The van der Waals surface area contributed by atoms with Crippen molar-refractivity contribution in [3.05, 3.63) is 70.0 Å². The van der Waals surface area contributed by atoms with Gasteiger partial charge < -0.3 is 14.6 Å². The second kappa shape index (κ2) is 7.31. The number of rotatable bonds is 4. The quantitative estimate of drug-likeness (QED) is 0.442. The maximum Gasteiger partial charge on any atom is 0.336 e. The average molecular weight is 464 g/mol. The first-order chi connectivity index (χ1) is 14.6. The number of aromatic nitrogens is 3. The van der Waals surface area contributed by atoms with E-state index in [9.17, 15) is 9.90 Å². The van der Waals surface area contributed by atoms with Gasteiger partial charge in [-0.2, -0.15) is 5.10 Å². The van der Waals surface area contributed by atoms with Gasteiger partial charge in [0.25, 0.3) is 0 Å². The summed E-state index contributed by atoms with van der Waals surface area (Å²) in [6.45, 7) is 0.212. The fourth-order valence-corrected chi connectivity index (χ4v) is 3.97. The lowest BCUT2D eigenvalue weighted by atomic mass is 10.1. The molecule has 5 rings (SSSR count). The van der Waals surface area contributed by atoms with E-state index in [1.807, 2.05) is 30.3 Å². The van der Waals surface area contributed by atoms with Crippen molar-refractivity contribution in [2.24, 2.45) is 0 Å². The zero-order chi connectivity index (χ0) is 20.7. The summed E-state index contributed by atoms with van der Waals surface area (Å²) in [6.07, 6.45) is 5.32. The Morgan fingerprint density at radius 3 is 2.87 bits per heavy atom. The van der Waals surface area contributed by atoms with Gasteiger partial charge in [-0.15, -0.1) is 0 Å². The molecule has 0 saturated carbocycles. The fraction of sp³-hybridized carbons (Fsp3) is 0.0455. The largest absolute Gasteiger partial charge is 0.478 e. The van der Waals surface area contributed by atoms with E-state index in [0.29, 0.717) is 32.6 Å². The molecule has 0 spiro atoms. The maximum atomic E-state index is 11.8. The van der Waals surface area contributed by atoms with Crippen molar-refractivity contribution in [1.82, 2.24) is 15.2 Å². The van der Waals surface area contributed by atoms with Crippen LogP contribution in [-0.2, 0) is 0 Å². The van der Waals surface area contributed by atoms with Crippen LogP contribution in [0, 0.1) is 0 Å². The molecular formula is C22H14BrN3O4. The Morgan fingerprint density at radius 1 is 1.13 bits per heavy atom. The highest BCUT2D eigenvalue weighted by Crippen LogP contribution is 2.36. The van der Waals surface area contributed by atoms with Gasteiger partial charge in [0, 0.05) is 21.0 Å². The minimum absolute atomic E-state index is 0.190. The third-order valence-corrected chi connectivity index (χ3v) is 5.46. The second-order valence-electron chi connectivity index (χ2n) is 6.64. The standard InChI is InChI=1S/C22H14BrN3O4/c23-16-2-1-3-17-20(16)15(22(27)28)9-14(25-17)6-4-13-10-24-26-21(13)12-5-7-18-19(8-12)30-11-29-18/h1-10H,11H2,(H,24,26)(H,27,28)/b6-4+. The molecule has 2 aromatic heterocycles. The zero-order valence-electron chi connectivity index (χ0n) is 15.4. The van der Waals surface area contributed by atoms with Crippen LogP contribution in [0.15, 0.2) is 53.1 Å². The van der Waals surface area contributed by atoms with Gasteiger partial charge in [0.1, 0.15) is 0 Å². The number of carbonyl (C=O) groups is 1. The van der Waals surface area contributed by atoms with Gasteiger partial charge in [0.05, 0.1) is 28.7 Å². The number of hydrogen-bond acceptors (Lipinski definition) is 5. The molecule has 0 aliphatic carbocycles. The van der Waals surface area contributed by atoms with Gasteiger partial charge in [0.15, 0.2) is 11.5 Å². The number of benzene rings is 2. The first-order valence-electron chi connectivity index (χ1n) is 9.04. The number of nitrogens with zero attached hydrogens (tertiary/aromatic N) is 2. The lowest BCUT2D eigenvalue weighted by Crippen LogP contribution is -2.00. The van der Waals surface area contributed by atoms with Crippen LogP contribution >= 0.6 is 15.9 Å². The molecular weight excluding hydrogens is 450 g/mol. The highest BCUT2D eigenvalue weighted by molar-refractivity contribution is 9.10. The van der Waals surface area contributed by atoms with Crippen LogP contribution in [0.25, 0.3) is 34.3 Å². The Morgan fingerprint density at radius 2 is 2.00 bits per heavy atom. The molecule has 0 radical (unpaired) electrons. The summed E-state index contributed by atoms with van der Waals surface area (Å²) in [7, 11) is 0. The van der Waals surface area contributed by atoms with Gasteiger partial charge in [-0.3, -0.25) is 5.10 Å². The summed E-state index contributed by atoms with van der Waals surface area (Å²) in [5, 5.41) is 17.4. The van der Waals surface area contributed by atoms with Gasteiger partial charge in [-0.25, -0.2) is 9.78 Å². The smallest absolute Gasteiger partial charge is 0.336 e. The first-order valence-corrected chi connectivity index (χ1v) is 9.83. The first kappa shape index (κ1) is 18.4. The number of carboxylic acid groups (broad SMARTS) is 1. The van der Waals surface area contributed by atoms with Crippen LogP contribution in [-0.4, -0.2) is 33.1 Å². The predicted molar refractivity (Wildman–Crippen MR) is 115 cm³/mol. The Balaban J connectivity index is 1.53. The molecule has 2 aromatic carbocycles. The molecule has 2 N–H and O–H groups in total. The fourth-order valence-electron chi connectivity index (χ4n) is 3.40. The summed E-state index contributed by atoms with van der Waals surface area (Å²) in [4.78, 5) is 16.4. The van der Waals surface area contributed by atoms with Crippen molar-refractivity contribution >= 4 is 45.0 Å². The molecule has 0 fully saturated rings. The second-order valence-corrected chi connectivity index (χ2v) is 7.49. The summed E-state index contributed by atoms with van der Waals surface area (Å²) in [6, 6.07) is 12.6. The number of H-pyrrole nitrogens is 1. The van der Waals surface area contributed by atoms with E-state index >= 15 is 0 Å². The lowest BCUT2D eigenvalue weighted by Gasteiger charge is -2.06. The number of pyridine rings is 1. The normalized spacial score (nSPS) is 12.7. The molecule has 1 aliphatic rings. The Bertz CT molecular complexity index is 1330. The van der Waals surface area contributed by atoms with Crippen LogP contribution in [0.2, 0.25) is 0 Å². The molecule has 30 heavy (non-hydrogen) atoms. The van der Waals surface area contributed by atoms with E-state index in [0.717, 1.165) is 16.8 Å². The number of ether oxygens (including phenoxy) is 2. The van der Waals surface area contributed by atoms with Crippen molar-refractivity contribution in [2.45, 2.75) is 0 Å². The van der Waals surface area contributed by atoms with E-state index in [-0.39, 0.29) is 12.4 Å². The molecule has 0 atom stereocenters. The number of aromatic carboxylic acids is 1. The van der Waals surface area contributed by atoms with Crippen molar-refractivity contribution in [2.75, 3.05) is 6.79 Å². The van der Waals surface area contributed by atoms with Crippen LogP contribution in [0.5, 0.6) is 11.5 Å². The average Bonchev–Trinajstić information content (AvgIpc) is 3.40. The van der Waals surface area contributed by atoms with E-state index in [2.05, 4.69) is 31.1 Å². The van der Waals surface area contributed by atoms with Gasteiger partial charge in [0.2, 0.25) is 6.79 Å². The monoisotopic (exact) mass is 463 g/mol. The van der Waals surface area contributed by atoms with E-state index in [1.54, 1.807) is 30.5 Å². The molecule has 148 valence electrons. The molecule has 8 heteroatoms. The molecule has 3 heterocycles. The summed E-state index contributed by atoms with van der Waals surface area (Å²) in [5.74, 6) is 0.390. The van der Waals surface area contributed by atoms with Crippen molar-refractivity contribution in [3.8, 4) is 22.8 Å². The Hall–Kier alpha value is -3.65. The van der Waals surface area contributed by atoms with Crippen molar-refractivity contribution < 1.29 is 19.4 Å². The van der Waals surface area contributed by atoms with E-state index in [4.69, 9.17) is 9.47 Å². The van der Waals surface area contributed by atoms with Crippen LogP contribution in [0.1, 0.15) is 21.6 Å². The minimum atomic E-state index is -1.01. The summed E-state index contributed by atoms with van der Waals surface area (Å²) >= 11 is 3.41. The number of halogens is 1. The van der Waals surface area contributed by atoms with Gasteiger partial charge >= 0.3 is 5.97 Å². The van der Waals surface area contributed by atoms with Crippen molar-refractivity contribution in [3.63, 3.8) is 0 Å². The predicted octanol–water partition coefficient (Wildman–Crippen LogP) is 4.98. The van der Waals surface area contributed by atoms with E-state index in [1.165, 1.54) is 0 Å². The van der Waals surface area contributed by atoms with E-state index < -0.39 is 5.97 Å².